The average Bonchev–Trinajstić information content (AvgIpc) is 2.22. The highest BCUT2D eigenvalue weighted by molar-refractivity contribution is 5.76. The van der Waals surface area contributed by atoms with Gasteiger partial charge in [0.25, 0.3) is 0 Å². The number of hydrogen-bond donors (Lipinski definition) is 2. The first-order valence-corrected chi connectivity index (χ1v) is 6.89. The van der Waals surface area contributed by atoms with E-state index in [1.54, 1.807) is 13.8 Å². The Labute approximate surface area is 121 Å². The number of carbonyl (C=O) groups is 2. The van der Waals surface area contributed by atoms with Gasteiger partial charge in [0.05, 0.1) is 18.6 Å². The minimum absolute atomic E-state index is 0.0942. The molecule has 6 nitrogen and oxygen atoms in total. The maximum atomic E-state index is 12.6. The Kier molecular flexibility index (Phi) is 6.47. The molecule has 2 amide bonds. The van der Waals surface area contributed by atoms with E-state index in [0.717, 1.165) is 0 Å². The standard InChI is InChI=1S/C14H28N2O4/c1-7-15(10-14(5,6)20)12(19)16(13(2,3)4)9-8-11(17)18/h20H,7-10H2,1-6H3,(H,17,18). The second-order valence-corrected chi connectivity index (χ2v) is 6.58. The van der Waals surface area contributed by atoms with Gasteiger partial charge in [0.1, 0.15) is 0 Å². The van der Waals surface area contributed by atoms with Gasteiger partial charge in [-0.25, -0.2) is 4.79 Å². The maximum absolute atomic E-state index is 12.6. The fraction of sp³-hybridized carbons (Fsp3) is 0.857. The summed E-state index contributed by atoms with van der Waals surface area (Å²) >= 11 is 0. The van der Waals surface area contributed by atoms with Crippen LogP contribution in [0, 0.1) is 0 Å². The Hall–Kier alpha value is -1.30. The Morgan fingerprint density at radius 1 is 1.10 bits per heavy atom. The van der Waals surface area contributed by atoms with Crippen LogP contribution in [0.3, 0.4) is 0 Å². The number of nitrogens with zero attached hydrogens (tertiary/aromatic N) is 2. The van der Waals surface area contributed by atoms with Gasteiger partial charge in [0.2, 0.25) is 0 Å². The quantitative estimate of drug-likeness (QED) is 0.780. The molecule has 0 saturated heterocycles. The topological polar surface area (TPSA) is 81.1 Å². The Bertz CT molecular complexity index is 342. The van der Waals surface area contributed by atoms with Crippen molar-refractivity contribution in [2.75, 3.05) is 19.6 Å². The van der Waals surface area contributed by atoms with Crippen LogP contribution in [-0.2, 0) is 4.79 Å². The fourth-order valence-corrected chi connectivity index (χ4v) is 1.88. The highest BCUT2D eigenvalue weighted by atomic mass is 16.4. The lowest BCUT2D eigenvalue weighted by Crippen LogP contribution is -2.54. The zero-order valence-corrected chi connectivity index (χ0v) is 13.4. The predicted octanol–water partition coefficient (Wildman–Crippen LogP) is 1.77. The van der Waals surface area contributed by atoms with E-state index < -0.39 is 17.1 Å². The summed E-state index contributed by atoms with van der Waals surface area (Å²) in [5.41, 5.74) is -1.46. The van der Waals surface area contributed by atoms with Crippen LogP contribution in [0.5, 0.6) is 0 Å². The van der Waals surface area contributed by atoms with Gasteiger partial charge in [0, 0.05) is 18.6 Å². The average molecular weight is 288 g/mol. The fourth-order valence-electron chi connectivity index (χ4n) is 1.88. The maximum Gasteiger partial charge on any atom is 0.320 e. The summed E-state index contributed by atoms with van der Waals surface area (Å²) in [6.07, 6.45) is -0.0942. The molecular formula is C14H28N2O4. The molecule has 118 valence electrons. The van der Waals surface area contributed by atoms with Crippen molar-refractivity contribution in [1.82, 2.24) is 9.80 Å². The van der Waals surface area contributed by atoms with Crippen molar-refractivity contribution in [2.45, 2.75) is 59.1 Å². The molecule has 0 aromatic rings. The molecule has 0 saturated carbocycles. The minimum Gasteiger partial charge on any atom is -0.481 e. The number of rotatable bonds is 6. The van der Waals surface area contributed by atoms with Crippen molar-refractivity contribution in [3.63, 3.8) is 0 Å². The van der Waals surface area contributed by atoms with Crippen LogP contribution in [0.2, 0.25) is 0 Å². The zero-order valence-electron chi connectivity index (χ0n) is 13.4. The molecular weight excluding hydrogens is 260 g/mol. The summed E-state index contributed by atoms with van der Waals surface area (Å²) in [7, 11) is 0. The molecule has 0 aliphatic carbocycles. The number of hydrogen-bond acceptors (Lipinski definition) is 3. The largest absolute Gasteiger partial charge is 0.481 e. The van der Waals surface area contributed by atoms with Crippen LogP contribution in [0.25, 0.3) is 0 Å². The van der Waals surface area contributed by atoms with Crippen LogP contribution in [0.1, 0.15) is 48.0 Å². The van der Waals surface area contributed by atoms with Crippen molar-refractivity contribution in [3.05, 3.63) is 0 Å². The van der Waals surface area contributed by atoms with Crippen molar-refractivity contribution >= 4 is 12.0 Å². The summed E-state index contributed by atoms with van der Waals surface area (Å²) in [5.74, 6) is -0.933. The third kappa shape index (κ3) is 6.75. The van der Waals surface area contributed by atoms with E-state index in [0.29, 0.717) is 6.54 Å². The second kappa shape index (κ2) is 6.92. The van der Waals surface area contributed by atoms with E-state index in [1.165, 1.54) is 9.80 Å². The monoisotopic (exact) mass is 288 g/mol. The summed E-state index contributed by atoms with van der Waals surface area (Å²) in [5, 5.41) is 18.7. The number of aliphatic hydroxyl groups is 1. The van der Waals surface area contributed by atoms with Gasteiger partial charge < -0.3 is 20.0 Å². The molecule has 0 heterocycles. The van der Waals surface area contributed by atoms with E-state index in [4.69, 9.17) is 5.11 Å². The van der Waals surface area contributed by atoms with Gasteiger partial charge in [-0.05, 0) is 41.5 Å². The summed E-state index contributed by atoms with van der Waals surface area (Å²) in [4.78, 5) is 26.4. The molecule has 0 aliphatic rings. The van der Waals surface area contributed by atoms with E-state index in [1.807, 2.05) is 27.7 Å². The highest BCUT2D eigenvalue weighted by Gasteiger charge is 2.31. The lowest BCUT2D eigenvalue weighted by Gasteiger charge is -2.40. The van der Waals surface area contributed by atoms with Crippen LogP contribution in [0.4, 0.5) is 4.79 Å². The number of amides is 2. The zero-order chi connectivity index (χ0) is 16.1. The van der Waals surface area contributed by atoms with Gasteiger partial charge in [-0.1, -0.05) is 0 Å². The highest BCUT2D eigenvalue weighted by Crippen LogP contribution is 2.18. The molecule has 6 heteroatoms. The van der Waals surface area contributed by atoms with Gasteiger partial charge in [-0.2, -0.15) is 0 Å². The number of aliphatic carboxylic acids is 1. The lowest BCUT2D eigenvalue weighted by atomic mass is 10.1. The molecule has 0 spiro atoms. The predicted molar refractivity (Wildman–Crippen MR) is 77.7 cm³/mol. The molecule has 0 rings (SSSR count). The minimum atomic E-state index is -0.984. The first kappa shape index (κ1) is 18.7. The van der Waals surface area contributed by atoms with Crippen LogP contribution >= 0.6 is 0 Å². The summed E-state index contributed by atoms with van der Waals surface area (Å²) in [6, 6.07) is -0.247. The number of carboxylic acids is 1. The Balaban J connectivity index is 5.04. The molecule has 0 bridgehead atoms. The van der Waals surface area contributed by atoms with Gasteiger partial charge in [0.15, 0.2) is 0 Å². The third-order valence-electron chi connectivity index (χ3n) is 2.82. The summed E-state index contributed by atoms with van der Waals surface area (Å²) < 4.78 is 0. The molecule has 0 aromatic heterocycles. The number of urea groups is 1. The molecule has 0 aliphatic heterocycles. The Morgan fingerprint density at radius 2 is 1.60 bits per heavy atom. The van der Waals surface area contributed by atoms with E-state index >= 15 is 0 Å². The van der Waals surface area contributed by atoms with Crippen molar-refractivity contribution in [1.29, 1.82) is 0 Å². The normalized spacial score (nSPS) is 12.2. The molecule has 20 heavy (non-hydrogen) atoms. The van der Waals surface area contributed by atoms with Crippen molar-refractivity contribution in [3.8, 4) is 0 Å². The Morgan fingerprint density at radius 3 is 1.90 bits per heavy atom. The van der Waals surface area contributed by atoms with Gasteiger partial charge in [-0.3, -0.25) is 4.79 Å². The molecule has 0 atom stereocenters. The van der Waals surface area contributed by atoms with Crippen LogP contribution < -0.4 is 0 Å². The van der Waals surface area contributed by atoms with Gasteiger partial charge in [-0.15, -0.1) is 0 Å². The SMILES string of the molecule is CCN(CC(C)(C)O)C(=O)N(CCC(=O)O)C(C)(C)C. The second-order valence-electron chi connectivity index (χ2n) is 6.58. The van der Waals surface area contributed by atoms with Crippen LogP contribution in [-0.4, -0.2) is 62.8 Å². The van der Waals surface area contributed by atoms with Crippen LogP contribution in [0.15, 0.2) is 0 Å². The van der Waals surface area contributed by atoms with E-state index in [-0.39, 0.29) is 25.5 Å². The van der Waals surface area contributed by atoms with E-state index in [9.17, 15) is 14.7 Å². The third-order valence-corrected chi connectivity index (χ3v) is 2.82. The smallest absolute Gasteiger partial charge is 0.320 e. The van der Waals surface area contributed by atoms with Crippen molar-refractivity contribution < 1.29 is 19.8 Å². The van der Waals surface area contributed by atoms with Gasteiger partial charge >= 0.3 is 12.0 Å². The van der Waals surface area contributed by atoms with Crippen molar-refractivity contribution in [2.24, 2.45) is 0 Å². The number of carboxylic acid groups (broad SMARTS) is 1. The van der Waals surface area contributed by atoms with E-state index in [2.05, 4.69) is 0 Å². The summed E-state index contributed by atoms with van der Waals surface area (Å²) in [6.45, 7) is 11.5. The number of likely N-dealkylation sites (N-methyl/N-ethyl adjacent to an activating group) is 1. The first-order valence-electron chi connectivity index (χ1n) is 6.89. The molecule has 0 unspecified atom stereocenters. The molecule has 0 radical (unpaired) electrons. The first-order chi connectivity index (χ1) is 8.88. The lowest BCUT2D eigenvalue weighted by molar-refractivity contribution is -0.137. The number of carbonyl (C=O) groups excluding carboxylic acids is 1. The molecule has 0 aromatic carbocycles. The molecule has 2 N–H and O–H groups in total. The molecule has 0 fully saturated rings.